The summed E-state index contributed by atoms with van der Waals surface area (Å²) < 4.78 is 0. The van der Waals surface area contributed by atoms with Crippen molar-refractivity contribution in [3.8, 4) is 0 Å². The van der Waals surface area contributed by atoms with E-state index >= 15 is 0 Å². The molecule has 0 bridgehead atoms. The summed E-state index contributed by atoms with van der Waals surface area (Å²) in [6.45, 7) is 0. The summed E-state index contributed by atoms with van der Waals surface area (Å²) in [6, 6.07) is 0. The SMILES string of the molecule is B.N.[Na+].[OH-]. The molecule has 0 aliphatic rings. The molecule has 0 saturated heterocycles. The zero-order valence-electron chi connectivity index (χ0n) is 2.15. The van der Waals surface area contributed by atoms with E-state index in [0.29, 0.717) is 0 Å². The fourth-order valence-electron chi connectivity index (χ4n) is 0. The summed E-state index contributed by atoms with van der Waals surface area (Å²) in [5.41, 5.74) is 0. The van der Waals surface area contributed by atoms with Crippen molar-refractivity contribution in [1.82, 2.24) is 6.15 Å². The van der Waals surface area contributed by atoms with Crippen LogP contribution in [0.5, 0.6) is 0 Å². The van der Waals surface area contributed by atoms with Crippen LogP contribution >= 0.6 is 0 Å². The third-order valence-corrected chi connectivity index (χ3v) is 0. The van der Waals surface area contributed by atoms with Crippen molar-refractivity contribution < 1.29 is 35.0 Å². The van der Waals surface area contributed by atoms with Crippen LogP contribution in [-0.4, -0.2) is 13.9 Å². The summed E-state index contributed by atoms with van der Waals surface area (Å²) in [5, 5.41) is 0. The summed E-state index contributed by atoms with van der Waals surface area (Å²) in [4.78, 5) is 0. The third-order valence-electron chi connectivity index (χ3n) is 0. The van der Waals surface area contributed by atoms with Crippen LogP contribution in [0.2, 0.25) is 0 Å². The van der Waals surface area contributed by atoms with Gasteiger partial charge in [0.05, 0.1) is 8.41 Å². The maximum absolute atomic E-state index is 0. The van der Waals surface area contributed by atoms with E-state index in [9.17, 15) is 0 Å². The Kier molecular flexibility index (Phi) is 747. The summed E-state index contributed by atoms with van der Waals surface area (Å²) in [5.74, 6) is 0. The minimum atomic E-state index is 0. The van der Waals surface area contributed by atoms with Gasteiger partial charge in [-0.25, -0.2) is 0 Å². The van der Waals surface area contributed by atoms with E-state index in [1.165, 1.54) is 0 Å². The molecule has 0 rings (SSSR count). The molecule has 22 valence electrons. The van der Waals surface area contributed by atoms with E-state index in [0.717, 1.165) is 0 Å². The largest absolute Gasteiger partial charge is 1.00 e. The van der Waals surface area contributed by atoms with Crippen LogP contribution in [0.15, 0.2) is 0 Å². The van der Waals surface area contributed by atoms with Gasteiger partial charge in [-0.1, -0.05) is 0 Å². The van der Waals surface area contributed by atoms with Crippen molar-refractivity contribution in [2.45, 2.75) is 0 Å². The smallest absolute Gasteiger partial charge is 0.870 e. The van der Waals surface area contributed by atoms with E-state index in [1.54, 1.807) is 0 Å². The standard InChI is InChI=1S/BH3.H3N.Na.H2O/h2*1H3;;1H2/q;;+1;/p-1. The van der Waals surface area contributed by atoms with Crippen LogP contribution in [0.25, 0.3) is 0 Å². The van der Waals surface area contributed by atoms with E-state index < -0.39 is 0 Å². The van der Waals surface area contributed by atoms with Gasteiger partial charge in [-0.15, -0.1) is 0 Å². The van der Waals surface area contributed by atoms with Crippen LogP contribution < -0.4 is 35.7 Å². The first-order valence-electron chi connectivity index (χ1n) is 0. The van der Waals surface area contributed by atoms with Crippen molar-refractivity contribution in [1.29, 1.82) is 0 Å². The van der Waals surface area contributed by atoms with Gasteiger partial charge >= 0.3 is 29.6 Å². The molecule has 0 fully saturated rings. The predicted molar refractivity (Wildman–Crippen MR) is 16.9 cm³/mol. The first kappa shape index (κ1) is 81.6. The van der Waals surface area contributed by atoms with Gasteiger partial charge in [0.1, 0.15) is 0 Å². The number of hydrogen-bond acceptors (Lipinski definition) is 2. The summed E-state index contributed by atoms with van der Waals surface area (Å²) in [6.07, 6.45) is 0. The van der Waals surface area contributed by atoms with E-state index in [4.69, 9.17) is 0 Å². The van der Waals surface area contributed by atoms with Gasteiger partial charge in [-0.2, -0.15) is 0 Å². The molecular formula is H7BNNaO. The molecular weight excluding hydrogens is 63.8 g/mol. The van der Waals surface area contributed by atoms with Crippen LogP contribution in [0.1, 0.15) is 0 Å². The maximum Gasteiger partial charge on any atom is 1.00 e. The normalized spacial score (nSPS) is 0. The maximum atomic E-state index is 0. The first-order chi connectivity index (χ1) is 0. The molecule has 2 nitrogen and oxygen atoms in total. The average Bonchev–Trinajstić information content (AvgIpc) is 0. The van der Waals surface area contributed by atoms with Crippen LogP contribution in [0.4, 0.5) is 0 Å². The Morgan fingerprint density at radius 2 is 1.00 bits per heavy atom. The fourth-order valence-corrected chi connectivity index (χ4v) is 0. The number of rotatable bonds is 0. The van der Waals surface area contributed by atoms with Gasteiger partial charge in [0.2, 0.25) is 0 Å². The van der Waals surface area contributed by atoms with Gasteiger partial charge in [0, 0.05) is 0 Å². The van der Waals surface area contributed by atoms with Gasteiger partial charge in [0.25, 0.3) is 0 Å². The predicted octanol–water partition coefficient (Wildman–Crippen LogP) is -4.19. The molecule has 0 amide bonds. The van der Waals surface area contributed by atoms with Crippen molar-refractivity contribution in [3.63, 3.8) is 0 Å². The topological polar surface area (TPSA) is 65.0 Å². The zero-order valence-corrected chi connectivity index (χ0v) is 4.15. The summed E-state index contributed by atoms with van der Waals surface area (Å²) >= 11 is 0. The third kappa shape index (κ3) is 12.1. The van der Waals surface area contributed by atoms with E-state index in [-0.39, 0.29) is 49.6 Å². The molecule has 0 aliphatic heterocycles. The molecule has 0 heterocycles. The van der Waals surface area contributed by atoms with Crippen molar-refractivity contribution >= 4 is 8.41 Å². The minimum Gasteiger partial charge on any atom is -0.870 e. The van der Waals surface area contributed by atoms with Crippen molar-refractivity contribution in [2.24, 2.45) is 0 Å². The second kappa shape index (κ2) is 36.6. The Morgan fingerprint density at radius 1 is 1.00 bits per heavy atom. The fraction of sp³-hybridized carbons (Fsp3) is 0. The first-order valence-corrected chi connectivity index (χ1v) is 0. The van der Waals surface area contributed by atoms with Crippen LogP contribution in [0.3, 0.4) is 0 Å². The average molecular weight is 70.9 g/mol. The molecule has 0 spiro atoms. The Bertz CT molecular complexity index is 8.00. The summed E-state index contributed by atoms with van der Waals surface area (Å²) in [7, 11) is 0. The molecule has 0 aromatic heterocycles. The molecule has 0 unspecified atom stereocenters. The Labute approximate surface area is 49.7 Å². The molecule has 0 aromatic rings. The van der Waals surface area contributed by atoms with Crippen molar-refractivity contribution in [2.75, 3.05) is 0 Å². The monoisotopic (exact) mass is 71.1 g/mol. The minimum absolute atomic E-state index is 0. The Balaban J connectivity index is 0. The second-order valence-corrected chi connectivity index (χ2v) is 0. The van der Waals surface area contributed by atoms with Crippen LogP contribution in [-0.2, 0) is 0 Å². The molecule has 0 aromatic carbocycles. The van der Waals surface area contributed by atoms with Gasteiger partial charge in [0.15, 0.2) is 0 Å². The molecule has 0 saturated carbocycles. The molecule has 0 atom stereocenters. The second-order valence-electron chi connectivity index (χ2n) is 0. The molecule has 0 radical (unpaired) electrons. The molecule has 4 heteroatoms. The Morgan fingerprint density at radius 3 is 1.00 bits per heavy atom. The van der Waals surface area contributed by atoms with E-state index in [2.05, 4.69) is 0 Å². The van der Waals surface area contributed by atoms with Gasteiger partial charge in [-0.3, -0.25) is 0 Å². The Hall–Kier alpha value is 0.985. The molecule has 0 aliphatic carbocycles. The molecule has 4 heavy (non-hydrogen) atoms. The van der Waals surface area contributed by atoms with Crippen LogP contribution in [0, 0.1) is 0 Å². The zero-order chi connectivity index (χ0) is 0. The quantitative estimate of drug-likeness (QED) is 0.294. The number of hydrogen-bond donors (Lipinski definition) is 1. The van der Waals surface area contributed by atoms with Crippen molar-refractivity contribution in [3.05, 3.63) is 0 Å². The molecule has 4 N–H and O–H groups in total. The van der Waals surface area contributed by atoms with E-state index in [1.807, 2.05) is 0 Å². The van der Waals surface area contributed by atoms with Gasteiger partial charge < -0.3 is 11.6 Å². The van der Waals surface area contributed by atoms with Gasteiger partial charge in [-0.05, 0) is 0 Å².